The number of aromatic carboxylic acids is 1. The molecule has 0 amide bonds. The van der Waals surface area contributed by atoms with E-state index in [-0.39, 0.29) is 29.6 Å². The van der Waals surface area contributed by atoms with Crippen molar-refractivity contribution in [1.29, 1.82) is 0 Å². The van der Waals surface area contributed by atoms with Crippen LogP contribution >= 0.6 is 0 Å². The van der Waals surface area contributed by atoms with Crippen molar-refractivity contribution in [2.75, 3.05) is 13.1 Å². The molecule has 19 heavy (non-hydrogen) atoms. The second-order valence-electron chi connectivity index (χ2n) is 5.09. The lowest BCUT2D eigenvalue weighted by molar-refractivity contribution is -0.0932. The Bertz CT molecular complexity index is 598. The van der Waals surface area contributed by atoms with Crippen LogP contribution in [-0.4, -0.2) is 52.6 Å². The number of carbonyl (C=O) groups is 1. The van der Waals surface area contributed by atoms with Crippen molar-refractivity contribution in [3.63, 3.8) is 0 Å². The van der Waals surface area contributed by atoms with Gasteiger partial charge in [0.05, 0.1) is 5.60 Å². The van der Waals surface area contributed by atoms with Gasteiger partial charge in [-0.1, -0.05) is 13.8 Å². The van der Waals surface area contributed by atoms with Gasteiger partial charge in [0, 0.05) is 19.3 Å². The fraction of sp³-hybridized carbons (Fsp3) is 0.545. The lowest BCUT2D eigenvalue weighted by Gasteiger charge is -2.47. The number of hydrogen-bond acceptors (Lipinski definition) is 4. The summed E-state index contributed by atoms with van der Waals surface area (Å²) in [7, 11) is -3.74. The van der Waals surface area contributed by atoms with E-state index in [2.05, 4.69) is 4.98 Å². The summed E-state index contributed by atoms with van der Waals surface area (Å²) in [6, 6.07) is 1.07. The Kier molecular flexibility index (Phi) is 3.20. The average Bonchev–Trinajstić information content (AvgIpc) is 2.73. The molecule has 2 rings (SSSR count). The van der Waals surface area contributed by atoms with E-state index in [1.165, 1.54) is 0 Å². The molecule has 0 bridgehead atoms. The Hall–Kier alpha value is -1.38. The van der Waals surface area contributed by atoms with Crippen LogP contribution in [0, 0.1) is 5.92 Å². The smallest absolute Gasteiger partial charge is 0.352 e. The molecule has 0 saturated carbocycles. The molecule has 7 nitrogen and oxygen atoms in total. The normalized spacial score (nSPS) is 19.4. The molecule has 2 heterocycles. The third-order valence-corrected chi connectivity index (χ3v) is 5.27. The van der Waals surface area contributed by atoms with Crippen molar-refractivity contribution in [3.05, 3.63) is 18.0 Å². The van der Waals surface area contributed by atoms with E-state index >= 15 is 0 Å². The van der Waals surface area contributed by atoms with Gasteiger partial charge in [0.2, 0.25) is 10.0 Å². The van der Waals surface area contributed by atoms with E-state index in [0.717, 1.165) is 16.6 Å². The highest BCUT2D eigenvalue weighted by Gasteiger charge is 2.49. The van der Waals surface area contributed by atoms with Crippen LogP contribution in [0.1, 0.15) is 24.3 Å². The van der Waals surface area contributed by atoms with Gasteiger partial charge in [-0.3, -0.25) is 0 Å². The minimum absolute atomic E-state index is 0.0284. The summed E-state index contributed by atoms with van der Waals surface area (Å²) in [4.78, 5) is 13.0. The molecule has 0 aliphatic carbocycles. The van der Waals surface area contributed by atoms with Crippen LogP contribution in [0.4, 0.5) is 0 Å². The van der Waals surface area contributed by atoms with Crippen LogP contribution in [-0.2, 0) is 10.0 Å². The zero-order valence-electron chi connectivity index (χ0n) is 10.6. The quantitative estimate of drug-likeness (QED) is 0.728. The largest absolute Gasteiger partial charge is 0.477 e. The zero-order chi connectivity index (χ0) is 14.4. The fourth-order valence-electron chi connectivity index (χ4n) is 1.90. The summed E-state index contributed by atoms with van der Waals surface area (Å²) in [6.45, 7) is 3.70. The first kappa shape index (κ1) is 14.0. The van der Waals surface area contributed by atoms with Crippen LogP contribution in [0.3, 0.4) is 0 Å². The maximum absolute atomic E-state index is 12.2. The molecular formula is C11H16N2O5S. The lowest BCUT2D eigenvalue weighted by Crippen LogP contribution is -2.65. The molecule has 1 aliphatic heterocycles. The van der Waals surface area contributed by atoms with E-state index in [9.17, 15) is 18.3 Å². The molecule has 0 unspecified atom stereocenters. The van der Waals surface area contributed by atoms with E-state index in [0.29, 0.717) is 0 Å². The zero-order valence-corrected chi connectivity index (χ0v) is 11.4. The number of carboxylic acids is 1. The van der Waals surface area contributed by atoms with Gasteiger partial charge >= 0.3 is 5.97 Å². The van der Waals surface area contributed by atoms with Crippen molar-refractivity contribution >= 4 is 16.0 Å². The summed E-state index contributed by atoms with van der Waals surface area (Å²) >= 11 is 0. The summed E-state index contributed by atoms with van der Waals surface area (Å²) < 4.78 is 25.5. The summed E-state index contributed by atoms with van der Waals surface area (Å²) in [5.74, 6) is -1.26. The number of rotatable bonds is 4. The Labute approximate surface area is 110 Å². The third-order valence-electron chi connectivity index (χ3n) is 3.50. The van der Waals surface area contributed by atoms with Crippen molar-refractivity contribution in [1.82, 2.24) is 9.29 Å². The predicted octanol–water partition coefficient (Wildman–Crippen LogP) is 0.104. The van der Waals surface area contributed by atoms with Gasteiger partial charge in [-0.25, -0.2) is 13.2 Å². The first-order valence-corrected chi connectivity index (χ1v) is 7.25. The first-order chi connectivity index (χ1) is 8.67. The van der Waals surface area contributed by atoms with Gasteiger partial charge in [-0.05, 0) is 12.0 Å². The van der Waals surface area contributed by atoms with Gasteiger partial charge in [-0.2, -0.15) is 4.31 Å². The highest BCUT2D eigenvalue weighted by atomic mass is 32.2. The number of aliphatic hydroxyl groups is 1. The number of H-pyrrole nitrogens is 1. The van der Waals surface area contributed by atoms with Crippen molar-refractivity contribution < 1.29 is 23.4 Å². The number of aromatic nitrogens is 1. The number of nitrogens with zero attached hydrogens (tertiary/aromatic N) is 1. The summed E-state index contributed by atoms with van der Waals surface area (Å²) in [5, 5.41) is 18.8. The molecule has 1 saturated heterocycles. The topological polar surface area (TPSA) is 111 Å². The number of carboxylic acid groups (broad SMARTS) is 1. The second-order valence-corrected chi connectivity index (χ2v) is 7.02. The average molecular weight is 288 g/mol. The summed E-state index contributed by atoms with van der Waals surface area (Å²) in [5.41, 5.74) is -1.18. The van der Waals surface area contributed by atoms with Gasteiger partial charge in [0.15, 0.2) is 0 Å². The van der Waals surface area contributed by atoms with Gasteiger partial charge in [0.1, 0.15) is 10.6 Å². The minimum atomic E-state index is -3.74. The predicted molar refractivity (Wildman–Crippen MR) is 66.3 cm³/mol. The van der Waals surface area contributed by atoms with Crippen LogP contribution in [0.5, 0.6) is 0 Å². The molecule has 0 atom stereocenters. The van der Waals surface area contributed by atoms with Crippen LogP contribution in [0.15, 0.2) is 17.2 Å². The molecule has 3 N–H and O–H groups in total. The molecule has 106 valence electrons. The highest BCUT2D eigenvalue weighted by molar-refractivity contribution is 7.89. The van der Waals surface area contributed by atoms with E-state index in [1.807, 2.05) is 13.8 Å². The van der Waals surface area contributed by atoms with Gasteiger partial charge in [-0.15, -0.1) is 0 Å². The molecule has 0 aromatic carbocycles. The van der Waals surface area contributed by atoms with E-state index < -0.39 is 21.6 Å². The molecule has 1 aromatic rings. The van der Waals surface area contributed by atoms with Crippen LogP contribution in [0.2, 0.25) is 0 Å². The number of hydrogen-bond donors (Lipinski definition) is 3. The monoisotopic (exact) mass is 288 g/mol. The number of aromatic amines is 1. The Morgan fingerprint density at radius 3 is 2.47 bits per heavy atom. The molecule has 1 fully saturated rings. The van der Waals surface area contributed by atoms with Crippen LogP contribution in [0.25, 0.3) is 0 Å². The molecule has 8 heteroatoms. The number of β-amino-alcohol motifs (C(OH)–C–C–N with tert-alkyl or cyclic N) is 1. The highest BCUT2D eigenvalue weighted by Crippen LogP contribution is 2.33. The van der Waals surface area contributed by atoms with E-state index in [1.54, 1.807) is 0 Å². The van der Waals surface area contributed by atoms with Crippen molar-refractivity contribution in [2.24, 2.45) is 5.92 Å². The standard InChI is InChI=1S/C11H16N2O5S/c1-7(2)11(16)5-13(6-11)19(17,18)8-3-9(10(14)15)12-4-8/h3-4,7,12,16H,5-6H2,1-2H3,(H,14,15). The number of sulfonamides is 1. The Morgan fingerprint density at radius 2 is 2.05 bits per heavy atom. The van der Waals surface area contributed by atoms with Crippen molar-refractivity contribution in [2.45, 2.75) is 24.3 Å². The number of nitrogens with one attached hydrogen (secondary N) is 1. The van der Waals surface area contributed by atoms with Crippen molar-refractivity contribution in [3.8, 4) is 0 Å². The molecular weight excluding hydrogens is 272 g/mol. The lowest BCUT2D eigenvalue weighted by atomic mass is 9.85. The first-order valence-electron chi connectivity index (χ1n) is 5.81. The molecule has 0 spiro atoms. The van der Waals surface area contributed by atoms with E-state index in [4.69, 9.17) is 5.11 Å². The SMILES string of the molecule is CC(C)C1(O)CN(S(=O)(=O)c2c[nH]c(C(=O)O)c2)C1. The van der Waals surface area contributed by atoms with Gasteiger partial charge < -0.3 is 15.2 Å². The van der Waals surface area contributed by atoms with Crippen LogP contribution < -0.4 is 0 Å². The van der Waals surface area contributed by atoms with Gasteiger partial charge in [0.25, 0.3) is 0 Å². The molecule has 1 aromatic heterocycles. The summed E-state index contributed by atoms with van der Waals surface area (Å²) in [6.07, 6.45) is 1.14. The minimum Gasteiger partial charge on any atom is -0.477 e. The molecule has 1 aliphatic rings. The Balaban J connectivity index is 2.18. The fourth-order valence-corrected chi connectivity index (χ4v) is 3.46. The Morgan fingerprint density at radius 1 is 1.47 bits per heavy atom. The molecule has 0 radical (unpaired) electrons. The second kappa shape index (κ2) is 4.32. The maximum atomic E-state index is 12.2. The maximum Gasteiger partial charge on any atom is 0.352 e. The third kappa shape index (κ3) is 2.26.